The Morgan fingerprint density at radius 1 is 0.882 bits per heavy atom. The topological polar surface area (TPSA) is 3.24 Å². The smallest absolute Gasteiger partial charge is 0.123 e. The summed E-state index contributed by atoms with van der Waals surface area (Å²) >= 11 is 0. The van der Waals surface area contributed by atoms with Crippen molar-refractivity contribution in [2.75, 3.05) is 11.9 Å². The molecular formula is C15H12FN. The van der Waals surface area contributed by atoms with Crippen LogP contribution in [0.4, 0.5) is 15.8 Å². The molecule has 1 aliphatic heterocycles. The van der Waals surface area contributed by atoms with Crippen molar-refractivity contribution in [3.8, 4) is 0 Å². The summed E-state index contributed by atoms with van der Waals surface area (Å²) in [5.74, 6) is -0.201. The number of para-hydroxylation sites is 1. The van der Waals surface area contributed by atoms with Crippen LogP contribution in [0.25, 0.3) is 12.2 Å². The van der Waals surface area contributed by atoms with Crippen molar-refractivity contribution in [3.63, 3.8) is 0 Å². The van der Waals surface area contributed by atoms with E-state index < -0.39 is 0 Å². The Hall–Kier alpha value is -2.09. The van der Waals surface area contributed by atoms with Gasteiger partial charge in [-0.1, -0.05) is 30.4 Å². The van der Waals surface area contributed by atoms with Crippen molar-refractivity contribution in [2.24, 2.45) is 0 Å². The fraction of sp³-hybridized carbons (Fsp3) is 0.0667. The first-order valence-corrected chi connectivity index (χ1v) is 5.56. The molecule has 3 rings (SSSR count). The third-order valence-corrected chi connectivity index (χ3v) is 3.09. The molecule has 2 heteroatoms. The number of nitrogens with zero attached hydrogens (tertiary/aromatic N) is 1. The fourth-order valence-corrected chi connectivity index (χ4v) is 2.21. The quantitative estimate of drug-likeness (QED) is 0.653. The molecule has 0 unspecified atom stereocenters. The van der Waals surface area contributed by atoms with Gasteiger partial charge in [-0.15, -0.1) is 0 Å². The van der Waals surface area contributed by atoms with Crippen LogP contribution >= 0.6 is 0 Å². The van der Waals surface area contributed by atoms with Crippen LogP contribution in [0.3, 0.4) is 0 Å². The van der Waals surface area contributed by atoms with Crippen molar-refractivity contribution in [3.05, 3.63) is 59.4 Å². The van der Waals surface area contributed by atoms with E-state index in [0.717, 1.165) is 22.5 Å². The molecule has 0 saturated carbocycles. The Bertz CT molecular complexity index is 602. The van der Waals surface area contributed by atoms with Gasteiger partial charge in [-0.3, -0.25) is 0 Å². The van der Waals surface area contributed by atoms with E-state index in [2.05, 4.69) is 17.0 Å². The minimum Gasteiger partial charge on any atom is -0.344 e. The van der Waals surface area contributed by atoms with Crippen LogP contribution in [0, 0.1) is 5.82 Å². The largest absolute Gasteiger partial charge is 0.344 e. The molecule has 0 spiro atoms. The second-order valence-electron chi connectivity index (χ2n) is 4.15. The zero-order valence-electron chi connectivity index (χ0n) is 9.52. The fourth-order valence-electron chi connectivity index (χ4n) is 2.21. The number of benzene rings is 2. The summed E-state index contributed by atoms with van der Waals surface area (Å²) in [5, 5.41) is 0. The Morgan fingerprint density at radius 2 is 1.59 bits per heavy atom. The van der Waals surface area contributed by atoms with E-state index in [1.807, 2.05) is 37.4 Å². The average Bonchev–Trinajstić information content (AvgIpc) is 2.48. The number of hydrogen-bond acceptors (Lipinski definition) is 1. The summed E-state index contributed by atoms with van der Waals surface area (Å²) in [5.41, 5.74) is 4.21. The number of halogens is 1. The highest BCUT2D eigenvalue weighted by atomic mass is 19.1. The lowest BCUT2D eigenvalue weighted by Crippen LogP contribution is -2.11. The minimum absolute atomic E-state index is 0.201. The van der Waals surface area contributed by atoms with E-state index in [1.165, 1.54) is 6.07 Å². The predicted molar refractivity (Wildman–Crippen MR) is 69.8 cm³/mol. The van der Waals surface area contributed by atoms with Gasteiger partial charge in [-0.25, -0.2) is 4.39 Å². The SMILES string of the molecule is CN1c2ccccc2C=Cc2cc(F)ccc21. The van der Waals surface area contributed by atoms with Gasteiger partial charge in [0.25, 0.3) is 0 Å². The summed E-state index contributed by atoms with van der Waals surface area (Å²) in [4.78, 5) is 2.09. The molecule has 2 aromatic rings. The van der Waals surface area contributed by atoms with E-state index >= 15 is 0 Å². The molecule has 2 aromatic carbocycles. The molecule has 0 aromatic heterocycles. The summed E-state index contributed by atoms with van der Waals surface area (Å²) in [6, 6.07) is 13.0. The first kappa shape index (κ1) is 10.1. The Kier molecular flexibility index (Phi) is 2.22. The van der Waals surface area contributed by atoms with E-state index in [-0.39, 0.29) is 5.82 Å². The first-order chi connectivity index (χ1) is 8.25. The summed E-state index contributed by atoms with van der Waals surface area (Å²) in [6.45, 7) is 0. The molecule has 0 amide bonds. The van der Waals surface area contributed by atoms with Crippen LogP contribution in [0.2, 0.25) is 0 Å². The van der Waals surface area contributed by atoms with Gasteiger partial charge in [0.1, 0.15) is 5.82 Å². The molecule has 0 radical (unpaired) electrons. The van der Waals surface area contributed by atoms with Gasteiger partial charge in [0.2, 0.25) is 0 Å². The Morgan fingerprint density at radius 3 is 2.47 bits per heavy atom. The van der Waals surface area contributed by atoms with Crippen molar-refractivity contribution in [2.45, 2.75) is 0 Å². The molecule has 0 N–H and O–H groups in total. The van der Waals surface area contributed by atoms with Gasteiger partial charge in [-0.2, -0.15) is 0 Å². The molecule has 1 nitrogen and oxygen atoms in total. The molecular weight excluding hydrogens is 213 g/mol. The number of hydrogen-bond donors (Lipinski definition) is 0. The molecule has 1 aliphatic rings. The summed E-state index contributed by atoms with van der Waals surface area (Å²) in [7, 11) is 2.00. The standard InChI is InChI=1S/C15H12FN/c1-17-14-5-3-2-4-11(14)6-7-12-10-13(16)8-9-15(12)17/h2-10H,1H3. The molecule has 0 aliphatic carbocycles. The highest BCUT2D eigenvalue weighted by Gasteiger charge is 2.13. The number of anilines is 2. The van der Waals surface area contributed by atoms with Gasteiger partial charge < -0.3 is 4.90 Å². The van der Waals surface area contributed by atoms with E-state index in [1.54, 1.807) is 6.07 Å². The zero-order chi connectivity index (χ0) is 11.8. The molecule has 17 heavy (non-hydrogen) atoms. The van der Waals surface area contributed by atoms with Crippen LogP contribution < -0.4 is 4.90 Å². The van der Waals surface area contributed by atoms with Crippen LogP contribution in [0.15, 0.2) is 42.5 Å². The molecule has 0 bridgehead atoms. The number of rotatable bonds is 0. The molecule has 0 fully saturated rings. The van der Waals surface area contributed by atoms with E-state index in [4.69, 9.17) is 0 Å². The third kappa shape index (κ3) is 1.62. The highest BCUT2D eigenvalue weighted by molar-refractivity contribution is 5.88. The second-order valence-corrected chi connectivity index (χ2v) is 4.15. The Balaban J connectivity index is 2.24. The third-order valence-electron chi connectivity index (χ3n) is 3.09. The van der Waals surface area contributed by atoms with Crippen LogP contribution in [0.1, 0.15) is 11.1 Å². The average molecular weight is 225 g/mol. The maximum atomic E-state index is 13.2. The van der Waals surface area contributed by atoms with Gasteiger partial charge in [-0.05, 0) is 29.8 Å². The zero-order valence-corrected chi connectivity index (χ0v) is 9.52. The number of fused-ring (bicyclic) bond motifs is 2. The predicted octanol–water partition coefficient (Wildman–Crippen LogP) is 4.08. The van der Waals surface area contributed by atoms with Gasteiger partial charge >= 0.3 is 0 Å². The maximum Gasteiger partial charge on any atom is 0.123 e. The van der Waals surface area contributed by atoms with Gasteiger partial charge in [0, 0.05) is 24.0 Å². The molecule has 1 heterocycles. The van der Waals surface area contributed by atoms with Crippen molar-refractivity contribution in [1.82, 2.24) is 0 Å². The molecule has 84 valence electrons. The maximum absolute atomic E-state index is 13.2. The lowest BCUT2D eigenvalue weighted by molar-refractivity contribution is 0.627. The second kappa shape index (κ2) is 3.74. The van der Waals surface area contributed by atoms with E-state index in [0.29, 0.717) is 0 Å². The molecule has 0 saturated heterocycles. The van der Waals surface area contributed by atoms with Crippen molar-refractivity contribution in [1.29, 1.82) is 0 Å². The molecule has 0 atom stereocenters. The van der Waals surface area contributed by atoms with Gasteiger partial charge in [0.15, 0.2) is 0 Å². The monoisotopic (exact) mass is 225 g/mol. The minimum atomic E-state index is -0.201. The summed E-state index contributed by atoms with van der Waals surface area (Å²) in [6.07, 6.45) is 3.98. The van der Waals surface area contributed by atoms with E-state index in [9.17, 15) is 4.39 Å². The van der Waals surface area contributed by atoms with Crippen molar-refractivity contribution < 1.29 is 4.39 Å². The normalized spacial score (nSPS) is 12.9. The Labute approximate surface area is 99.8 Å². The van der Waals surface area contributed by atoms with Gasteiger partial charge in [0.05, 0.1) is 0 Å². The first-order valence-electron chi connectivity index (χ1n) is 5.56. The summed E-state index contributed by atoms with van der Waals surface area (Å²) < 4.78 is 13.2. The van der Waals surface area contributed by atoms with Crippen LogP contribution in [-0.2, 0) is 0 Å². The highest BCUT2D eigenvalue weighted by Crippen LogP contribution is 2.34. The lowest BCUT2D eigenvalue weighted by Gasteiger charge is -2.21. The van der Waals surface area contributed by atoms with Crippen molar-refractivity contribution >= 4 is 23.5 Å². The van der Waals surface area contributed by atoms with Crippen LogP contribution in [0.5, 0.6) is 0 Å². The lowest BCUT2D eigenvalue weighted by atomic mass is 10.1. The van der Waals surface area contributed by atoms with Crippen LogP contribution in [-0.4, -0.2) is 7.05 Å².